The number of carbonyl (C=O) groups excluding carboxylic acids is 2. The van der Waals surface area contributed by atoms with Gasteiger partial charge in [0.1, 0.15) is 6.04 Å². The second-order valence-corrected chi connectivity index (χ2v) is 7.88. The largest absolute Gasteiger partial charge is 0.480 e. The number of aromatic nitrogens is 1. The normalized spacial score (nSPS) is 14.5. The first kappa shape index (κ1) is 22.8. The van der Waals surface area contributed by atoms with Crippen molar-refractivity contribution in [1.82, 2.24) is 10.3 Å². The number of pyridine rings is 1. The summed E-state index contributed by atoms with van der Waals surface area (Å²) in [4.78, 5) is 40.5. The fourth-order valence-corrected chi connectivity index (χ4v) is 4.08. The molecule has 0 radical (unpaired) electrons. The molecule has 0 saturated carbocycles. The molecule has 1 aromatic carbocycles. The van der Waals surface area contributed by atoms with Crippen LogP contribution in [-0.2, 0) is 16.0 Å². The Hall–Kier alpha value is -2.90. The molecule has 0 fully saturated rings. The number of allylic oxidation sites excluding steroid dienone is 2. The molecule has 1 heterocycles. The average molecular weight is 462 g/mol. The van der Waals surface area contributed by atoms with Gasteiger partial charge in [0, 0.05) is 42.2 Å². The Morgan fingerprint density at radius 2 is 1.84 bits per heavy atom. The Kier molecular flexibility index (Phi) is 7.30. The lowest BCUT2D eigenvalue weighted by Gasteiger charge is -2.19. The Morgan fingerprint density at radius 1 is 1.16 bits per heavy atom. The van der Waals surface area contributed by atoms with Crippen LogP contribution in [0.4, 0.5) is 5.69 Å². The van der Waals surface area contributed by atoms with Crippen molar-refractivity contribution in [2.24, 2.45) is 0 Å². The van der Waals surface area contributed by atoms with Gasteiger partial charge in [-0.05, 0) is 24.5 Å². The van der Waals surface area contributed by atoms with E-state index in [1.807, 2.05) is 6.92 Å². The van der Waals surface area contributed by atoms with Crippen LogP contribution < -0.4 is 10.6 Å². The van der Waals surface area contributed by atoms with E-state index in [4.69, 9.17) is 23.2 Å². The standard InChI is InChI=1S/C22H21Cl2N3O4/c1-2-13-17(7-8-19(13)28)26-18(22(30)31)9-12-5-3-4-6-16(12)27-21(29)20-14(23)10-25-11-15(20)24/h3-6,10-11,18,26H,2,7-9H2,1H3,(H,27,29)(H,30,31)/t18-/m0/s1. The Balaban J connectivity index is 1.83. The van der Waals surface area contributed by atoms with E-state index in [0.29, 0.717) is 41.8 Å². The fourth-order valence-electron chi connectivity index (χ4n) is 3.54. The van der Waals surface area contributed by atoms with Crippen molar-refractivity contribution in [3.05, 3.63) is 69.1 Å². The summed E-state index contributed by atoms with van der Waals surface area (Å²) in [6.45, 7) is 1.87. The SMILES string of the molecule is CCC1=C(N[C@@H](Cc2ccccc2NC(=O)c2c(Cl)cncc2Cl)C(=O)O)CCC1=O. The quantitative estimate of drug-likeness (QED) is 0.541. The summed E-state index contributed by atoms with van der Waals surface area (Å²) in [5, 5.41) is 15.7. The molecule has 0 bridgehead atoms. The van der Waals surface area contributed by atoms with Crippen LogP contribution in [0.3, 0.4) is 0 Å². The average Bonchev–Trinajstić information content (AvgIpc) is 3.07. The minimum absolute atomic E-state index is 0.0490. The molecule has 1 aliphatic rings. The van der Waals surface area contributed by atoms with Crippen molar-refractivity contribution in [3.63, 3.8) is 0 Å². The Morgan fingerprint density at radius 3 is 2.48 bits per heavy atom. The van der Waals surface area contributed by atoms with E-state index in [0.717, 1.165) is 0 Å². The van der Waals surface area contributed by atoms with E-state index in [1.54, 1.807) is 24.3 Å². The molecule has 0 saturated heterocycles. The van der Waals surface area contributed by atoms with E-state index >= 15 is 0 Å². The minimum atomic E-state index is -1.05. The molecule has 1 atom stereocenters. The van der Waals surface area contributed by atoms with Crippen LogP contribution in [0.15, 0.2) is 47.9 Å². The lowest BCUT2D eigenvalue weighted by molar-refractivity contribution is -0.139. The molecule has 1 aliphatic carbocycles. The Labute approximate surface area is 189 Å². The third kappa shape index (κ3) is 5.24. The van der Waals surface area contributed by atoms with Crippen LogP contribution >= 0.6 is 23.2 Å². The highest BCUT2D eigenvalue weighted by Gasteiger charge is 2.27. The van der Waals surface area contributed by atoms with Gasteiger partial charge in [0.15, 0.2) is 5.78 Å². The van der Waals surface area contributed by atoms with Gasteiger partial charge < -0.3 is 15.7 Å². The maximum absolute atomic E-state index is 12.7. The van der Waals surface area contributed by atoms with E-state index < -0.39 is 17.9 Å². The highest BCUT2D eigenvalue weighted by Crippen LogP contribution is 2.27. The fraction of sp³-hybridized carbons (Fsp3) is 0.273. The van der Waals surface area contributed by atoms with Gasteiger partial charge >= 0.3 is 5.97 Å². The van der Waals surface area contributed by atoms with Crippen LogP contribution in [0, 0.1) is 0 Å². The van der Waals surface area contributed by atoms with Crippen LogP contribution in [0.2, 0.25) is 10.0 Å². The topological polar surface area (TPSA) is 108 Å². The molecule has 1 aromatic heterocycles. The third-order valence-corrected chi connectivity index (χ3v) is 5.65. The molecular weight excluding hydrogens is 441 g/mol. The highest BCUT2D eigenvalue weighted by molar-refractivity contribution is 6.40. The predicted octanol–water partition coefficient (Wildman–Crippen LogP) is 4.25. The second kappa shape index (κ2) is 9.94. The van der Waals surface area contributed by atoms with E-state index in [-0.39, 0.29) is 27.8 Å². The molecule has 162 valence electrons. The summed E-state index contributed by atoms with van der Waals surface area (Å²) in [5.41, 5.74) is 2.46. The maximum atomic E-state index is 12.7. The number of nitrogens with one attached hydrogen (secondary N) is 2. The number of benzene rings is 1. The number of carboxylic acids is 1. The molecule has 0 unspecified atom stereocenters. The molecule has 7 nitrogen and oxygen atoms in total. The molecular formula is C22H21Cl2N3O4. The number of para-hydroxylation sites is 1. The monoisotopic (exact) mass is 461 g/mol. The van der Waals surface area contributed by atoms with Gasteiger partial charge in [0.05, 0.1) is 15.6 Å². The zero-order valence-corrected chi connectivity index (χ0v) is 18.3. The molecule has 9 heteroatoms. The maximum Gasteiger partial charge on any atom is 0.326 e. The first-order valence-electron chi connectivity index (χ1n) is 9.74. The molecule has 2 aromatic rings. The van der Waals surface area contributed by atoms with Crippen molar-refractivity contribution < 1.29 is 19.5 Å². The third-order valence-electron chi connectivity index (χ3n) is 5.07. The molecule has 3 N–H and O–H groups in total. The van der Waals surface area contributed by atoms with Gasteiger partial charge in [-0.2, -0.15) is 0 Å². The van der Waals surface area contributed by atoms with E-state index in [2.05, 4.69) is 15.6 Å². The lowest BCUT2D eigenvalue weighted by atomic mass is 10.0. The minimum Gasteiger partial charge on any atom is -0.480 e. The number of carbonyl (C=O) groups is 3. The number of rotatable bonds is 8. The van der Waals surface area contributed by atoms with Crippen molar-refractivity contribution >= 4 is 46.5 Å². The van der Waals surface area contributed by atoms with Crippen molar-refractivity contribution in [2.45, 2.75) is 38.6 Å². The van der Waals surface area contributed by atoms with Crippen molar-refractivity contribution in [1.29, 1.82) is 0 Å². The summed E-state index contributed by atoms with van der Waals surface area (Å²) in [5.74, 6) is -1.53. The predicted molar refractivity (Wildman–Crippen MR) is 118 cm³/mol. The van der Waals surface area contributed by atoms with Crippen molar-refractivity contribution in [2.75, 3.05) is 5.32 Å². The number of amides is 1. The number of Topliss-reactive ketones (excluding diaryl/α,β-unsaturated/α-hetero) is 1. The number of anilines is 1. The van der Waals surface area contributed by atoms with Gasteiger partial charge in [0.25, 0.3) is 5.91 Å². The molecule has 1 amide bonds. The zero-order valence-electron chi connectivity index (χ0n) is 16.7. The number of hydrogen-bond donors (Lipinski definition) is 3. The Bertz CT molecular complexity index is 1050. The number of carboxylic acid groups (broad SMARTS) is 1. The molecule has 31 heavy (non-hydrogen) atoms. The van der Waals surface area contributed by atoms with Gasteiger partial charge in [0.2, 0.25) is 0 Å². The molecule has 3 rings (SSSR count). The summed E-state index contributed by atoms with van der Waals surface area (Å²) in [6.07, 6.45) is 4.17. The van der Waals surface area contributed by atoms with Gasteiger partial charge in [-0.25, -0.2) is 4.79 Å². The smallest absolute Gasteiger partial charge is 0.326 e. The number of halogens is 2. The molecule has 0 spiro atoms. The van der Waals surface area contributed by atoms with Gasteiger partial charge in [-0.1, -0.05) is 48.3 Å². The summed E-state index contributed by atoms with van der Waals surface area (Å²) in [6, 6.07) is 5.93. The summed E-state index contributed by atoms with van der Waals surface area (Å²) in [7, 11) is 0. The zero-order chi connectivity index (χ0) is 22.5. The first-order chi connectivity index (χ1) is 14.8. The number of hydrogen-bond acceptors (Lipinski definition) is 5. The van der Waals surface area contributed by atoms with Gasteiger partial charge in [-0.3, -0.25) is 14.6 Å². The summed E-state index contributed by atoms with van der Waals surface area (Å²) >= 11 is 12.1. The number of aliphatic carboxylic acids is 1. The summed E-state index contributed by atoms with van der Waals surface area (Å²) < 4.78 is 0. The number of ketones is 1. The van der Waals surface area contributed by atoms with Crippen LogP contribution in [0.5, 0.6) is 0 Å². The highest BCUT2D eigenvalue weighted by atomic mass is 35.5. The van der Waals surface area contributed by atoms with E-state index in [1.165, 1.54) is 12.4 Å². The first-order valence-corrected chi connectivity index (χ1v) is 10.5. The molecule has 0 aliphatic heterocycles. The van der Waals surface area contributed by atoms with Crippen LogP contribution in [-0.4, -0.2) is 33.8 Å². The van der Waals surface area contributed by atoms with E-state index in [9.17, 15) is 19.5 Å². The van der Waals surface area contributed by atoms with Gasteiger partial charge in [-0.15, -0.1) is 0 Å². The lowest BCUT2D eigenvalue weighted by Crippen LogP contribution is -2.38. The number of nitrogens with zero attached hydrogens (tertiary/aromatic N) is 1. The second-order valence-electron chi connectivity index (χ2n) is 7.06. The van der Waals surface area contributed by atoms with Crippen LogP contribution in [0.1, 0.15) is 42.1 Å². The van der Waals surface area contributed by atoms with Crippen molar-refractivity contribution in [3.8, 4) is 0 Å². The van der Waals surface area contributed by atoms with Crippen LogP contribution in [0.25, 0.3) is 0 Å².